The van der Waals surface area contributed by atoms with Crippen LogP contribution >= 0.6 is 11.6 Å². The van der Waals surface area contributed by atoms with E-state index < -0.39 is 6.10 Å². The average Bonchev–Trinajstić information content (AvgIpc) is 2.55. The van der Waals surface area contributed by atoms with Gasteiger partial charge in [-0.05, 0) is 30.5 Å². The van der Waals surface area contributed by atoms with Gasteiger partial charge in [0.25, 0.3) is 5.91 Å². The number of ether oxygens (including phenoxy) is 1. The third kappa shape index (κ3) is 3.86. The number of halogens is 1. The number of carbonyl (C=O) groups excluding carboxylic acids is 2. The summed E-state index contributed by atoms with van der Waals surface area (Å²) < 4.78 is 5.88. The number of amides is 1. The average molecular weight is 338 g/mol. The van der Waals surface area contributed by atoms with Crippen molar-refractivity contribution in [3.05, 3.63) is 23.8 Å². The second-order valence-corrected chi connectivity index (χ2v) is 6.49. The largest absolute Gasteiger partial charge is 0.478 e. The number of alkyl halides is 1. The van der Waals surface area contributed by atoms with Crippen molar-refractivity contribution in [1.82, 2.24) is 0 Å². The summed E-state index contributed by atoms with van der Waals surface area (Å²) in [5.41, 5.74) is 1.19. The van der Waals surface area contributed by atoms with Crippen molar-refractivity contribution in [1.29, 1.82) is 0 Å². The quantitative estimate of drug-likeness (QED) is 0.428. The van der Waals surface area contributed by atoms with Crippen molar-refractivity contribution < 1.29 is 14.3 Å². The molecule has 0 saturated heterocycles. The van der Waals surface area contributed by atoms with E-state index in [1.807, 2.05) is 13.8 Å². The Morgan fingerprint density at radius 3 is 2.70 bits per heavy atom. The van der Waals surface area contributed by atoms with E-state index in [2.05, 4.69) is 6.92 Å². The van der Waals surface area contributed by atoms with Crippen LogP contribution in [0.4, 0.5) is 5.69 Å². The van der Waals surface area contributed by atoms with Crippen LogP contribution in [0.25, 0.3) is 0 Å². The van der Waals surface area contributed by atoms with Crippen LogP contribution in [0.1, 0.15) is 50.4 Å². The molecule has 0 spiro atoms. The van der Waals surface area contributed by atoms with E-state index in [9.17, 15) is 9.59 Å². The summed E-state index contributed by atoms with van der Waals surface area (Å²) in [6.07, 6.45) is 2.61. The first kappa shape index (κ1) is 17.8. The molecule has 0 N–H and O–H groups in total. The van der Waals surface area contributed by atoms with Gasteiger partial charge in [-0.25, -0.2) is 0 Å². The summed E-state index contributed by atoms with van der Waals surface area (Å²) in [5, 5.41) is 0. The number of carbonyl (C=O) groups is 2. The Labute approximate surface area is 142 Å². The van der Waals surface area contributed by atoms with Gasteiger partial charge in [-0.15, -0.1) is 11.6 Å². The maximum Gasteiger partial charge on any atom is 0.268 e. The van der Waals surface area contributed by atoms with Crippen LogP contribution in [-0.2, 0) is 4.79 Å². The summed E-state index contributed by atoms with van der Waals surface area (Å²) in [7, 11) is 0. The Hall–Kier alpha value is -1.55. The van der Waals surface area contributed by atoms with Crippen molar-refractivity contribution >= 4 is 29.0 Å². The first-order chi connectivity index (χ1) is 11.0. The number of benzene rings is 1. The molecule has 0 saturated carbocycles. The lowest BCUT2D eigenvalue weighted by molar-refractivity contribution is -0.128. The molecule has 2 rings (SSSR count). The molecule has 0 bridgehead atoms. The molecule has 0 radical (unpaired) electrons. The Bertz CT molecular complexity index is 586. The highest BCUT2D eigenvalue weighted by Crippen LogP contribution is 2.37. The smallest absolute Gasteiger partial charge is 0.268 e. The Morgan fingerprint density at radius 2 is 2.09 bits per heavy atom. The van der Waals surface area contributed by atoms with Gasteiger partial charge in [0, 0.05) is 12.1 Å². The van der Waals surface area contributed by atoms with Crippen LogP contribution < -0.4 is 9.64 Å². The van der Waals surface area contributed by atoms with Gasteiger partial charge in [-0.2, -0.15) is 0 Å². The zero-order chi connectivity index (χ0) is 17.0. The van der Waals surface area contributed by atoms with Gasteiger partial charge in [0.2, 0.25) is 0 Å². The number of unbranched alkanes of at least 4 members (excludes halogenated alkanes) is 2. The van der Waals surface area contributed by atoms with Crippen molar-refractivity contribution in [2.75, 3.05) is 17.3 Å². The summed E-state index contributed by atoms with van der Waals surface area (Å²) in [4.78, 5) is 26.4. The fourth-order valence-corrected chi connectivity index (χ4v) is 2.86. The standard InChI is InChI=1S/C18H24ClNO3/c1-4-5-6-9-20-14-10-13(15(21)11-19)7-8-16(14)23-17(12(2)3)18(20)22/h7-8,10,12,17H,4-6,9,11H2,1-3H3. The summed E-state index contributed by atoms with van der Waals surface area (Å²) >= 11 is 5.64. The number of Topliss-reactive ketones (excluding diaryl/α,β-unsaturated/α-hetero) is 1. The van der Waals surface area contributed by atoms with Gasteiger partial charge >= 0.3 is 0 Å². The third-order valence-electron chi connectivity index (χ3n) is 4.05. The fourth-order valence-electron chi connectivity index (χ4n) is 2.71. The Morgan fingerprint density at radius 1 is 1.35 bits per heavy atom. The molecule has 1 aromatic carbocycles. The van der Waals surface area contributed by atoms with Gasteiger partial charge in [-0.1, -0.05) is 33.6 Å². The van der Waals surface area contributed by atoms with Gasteiger partial charge in [0.1, 0.15) is 5.75 Å². The number of nitrogens with zero attached hydrogens (tertiary/aromatic N) is 1. The highest BCUT2D eigenvalue weighted by Gasteiger charge is 2.36. The third-order valence-corrected chi connectivity index (χ3v) is 4.29. The number of hydrogen-bond acceptors (Lipinski definition) is 3. The summed E-state index contributed by atoms with van der Waals surface area (Å²) in [5.74, 6) is 0.498. The van der Waals surface area contributed by atoms with E-state index >= 15 is 0 Å². The zero-order valence-corrected chi connectivity index (χ0v) is 14.7. The fraction of sp³-hybridized carbons (Fsp3) is 0.556. The number of rotatable bonds is 7. The van der Waals surface area contributed by atoms with Gasteiger partial charge < -0.3 is 9.64 Å². The predicted molar refractivity (Wildman–Crippen MR) is 92.6 cm³/mol. The van der Waals surface area contributed by atoms with Gasteiger partial charge in [-0.3, -0.25) is 9.59 Å². The van der Waals surface area contributed by atoms with E-state index in [1.165, 1.54) is 0 Å². The molecule has 23 heavy (non-hydrogen) atoms. The van der Waals surface area contributed by atoms with Crippen molar-refractivity contribution in [2.45, 2.75) is 46.1 Å². The number of hydrogen-bond donors (Lipinski definition) is 0. The first-order valence-electron chi connectivity index (χ1n) is 8.20. The molecule has 1 aliphatic heterocycles. The molecule has 126 valence electrons. The Kier molecular flexibility index (Phi) is 6.05. The first-order valence-corrected chi connectivity index (χ1v) is 8.74. The molecule has 1 unspecified atom stereocenters. The van der Waals surface area contributed by atoms with Crippen LogP contribution in [-0.4, -0.2) is 30.2 Å². The molecule has 0 aliphatic carbocycles. The highest BCUT2D eigenvalue weighted by molar-refractivity contribution is 6.30. The van der Waals surface area contributed by atoms with E-state index in [1.54, 1.807) is 23.1 Å². The lowest BCUT2D eigenvalue weighted by Gasteiger charge is -2.36. The Balaban J connectivity index is 2.37. The number of fused-ring (bicyclic) bond motifs is 1. The molecule has 1 heterocycles. The van der Waals surface area contributed by atoms with Crippen LogP contribution in [0.3, 0.4) is 0 Å². The van der Waals surface area contributed by atoms with Crippen molar-refractivity contribution in [3.63, 3.8) is 0 Å². The number of anilines is 1. The molecule has 1 aliphatic rings. The summed E-state index contributed by atoms with van der Waals surface area (Å²) in [6.45, 7) is 6.72. The molecule has 1 atom stereocenters. The molecule has 1 amide bonds. The molecule has 1 aromatic rings. The lowest BCUT2D eigenvalue weighted by Crippen LogP contribution is -2.48. The topological polar surface area (TPSA) is 46.6 Å². The van der Waals surface area contributed by atoms with Crippen molar-refractivity contribution in [3.8, 4) is 5.75 Å². The maximum absolute atomic E-state index is 12.8. The second-order valence-electron chi connectivity index (χ2n) is 6.22. The molecule has 0 aromatic heterocycles. The number of ketones is 1. The molecule has 0 fully saturated rings. The monoisotopic (exact) mass is 337 g/mol. The van der Waals surface area contributed by atoms with Crippen molar-refractivity contribution in [2.24, 2.45) is 5.92 Å². The van der Waals surface area contributed by atoms with E-state index in [4.69, 9.17) is 16.3 Å². The lowest BCUT2D eigenvalue weighted by atomic mass is 10.0. The van der Waals surface area contributed by atoms with Crippen LogP contribution in [0.15, 0.2) is 18.2 Å². The predicted octanol–water partition coefficient (Wildman–Crippen LogP) is 4.05. The highest BCUT2D eigenvalue weighted by atomic mass is 35.5. The van der Waals surface area contributed by atoms with E-state index in [0.717, 1.165) is 19.3 Å². The minimum Gasteiger partial charge on any atom is -0.478 e. The van der Waals surface area contributed by atoms with Crippen LogP contribution in [0.2, 0.25) is 0 Å². The van der Waals surface area contributed by atoms with Crippen LogP contribution in [0.5, 0.6) is 5.75 Å². The second kappa shape index (κ2) is 7.82. The SMILES string of the molecule is CCCCCN1C(=O)C(C(C)C)Oc2ccc(C(=O)CCl)cc21. The normalized spacial score (nSPS) is 17.2. The maximum atomic E-state index is 12.8. The molecule has 4 nitrogen and oxygen atoms in total. The zero-order valence-electron chi connectivity index (χ0n) is 14.0. The van der Waals surface area contributed by atoms with Gasteiger partial charge in [0.05, 0.1) is 11.6 Å². The minimum atomic E-state index is -0.473. The molecular weight excluding hydrogens is 314 g/mol. The molecule has 5 heteroatoms. The van der Waals surface area contributed by atoms with Gasteiger partial charge in [0.15, 0.2) is 11.9 Å². The molecular formula is C18H24ClNO3. The van der Waals surface area contributed by atoms with Crippen LogP contribution in [0, 0.1) is 5.92 Å². The van der Waals surface area contributed by atoms with E-state index in [0.29, 0.717) is 23.5 Å². The summed E-state index contributed by atoms with van der Waals surface area (Å²) in [6, 6.07) is 5.20. The minimum absolute atomic E-state index is 0.0286. The van der Waals surface area contributed by atoms with E-state index in [-0.39, 0.29) is 23.5 Å².